The van der Waals surface area contributed by atoms with Gasteiger partial charge in [-0.2, -0.15) is 0 Å². The van der Waals surface area contributed by atoms with Gasteiger partial charge in [-0.25, -0.2) is 0 Å². The Morgan fingerprint density at radius 3 is 2.40 bits per heavy atom. The van der Waals surface area contributed by atoms with Gasteiger partial charge < -0.3 is 15.4 Å². The van der Waals surface area contributed by atoms with E-state index >= 15 is 0 Å². The highest BCUT2D eigenvalue weighted by molar-refractivity contribution is 7.80. The van der Waals surface area contributed by atoms with Gasteiger partial charge >= 0.3 is 0 Å². The number of nitrogens with one attached hydrogen (secondary N) is 2. The Bertz CT molecular complexity index is 617. The van der Waals surface area contributed by atoms with E-state index in [1.54, 1.807) is 25.3 Å². The topological polar surface area (TPSA) is 33.3 Å². The third kappa shape index (κ3) is 4.00. The maximum absolute atomic E-state index is 6.06. The number of hydrogen-bond acceptors (Lipinski definition) is 2. The number of rotatable bonds is 3. The number of methoxy groups -OCH3 is 1. The third-order valence-corrected chi connectivity index (χ3v) is 3.29. The van der Waals surface area contributed by atoms with Crippen molar-refractivity contribution in [1.29, 1.82) is 0 Å². The molecule has 2 aromatic carbocycles. The minimum Gasteiger partial charge on any atom is -0.497 e. The summed E-state index contributed by atoms with van der Waals surface area (Å²) in [5, 5.41) is 7.62. The summed E-state index contributed by atoms with van der Waals surface area (Å²) in [5.74, 6) is 0.785. The van der Waals surface area contributed by atoms with Crippen molar-refractivity contribution in [3.63, 3.8) is 0 Å². The predicted octanol–water partition coefficient (Wildman–Crippen LogP) is 4.81. The molecular weight excluding hydrogens is 315 g/mol. The first-order valence-electron chi connectivity index (χ1n) is 5.75. The van der Waals surface area contributed by atoms with Crippen LogP contribution < -0.4 is 15.4 Å². The number of halogens is 2. The molecule has 0 amide bonds. The van der Waals surface area contributed by atoms with E-state index in [-0.39, 0.29) is 0 Å². The number of anilines is 2. The van der Waals surface area contributed by atoms with Gasteiger partial charge in [0.25, 0.3) is 0 Å². The van der Waals surface area contributed by atoms with E-state index in [1.165, 1.54) is 0 Å². The molecule has 0 fully saturated rings. The maximum atomic E-state index is 6.06. The summed E-state index contributed by atoms with van der Waals surface area (Å²) in [6.45, 7) is 0. The molecule has 0 aliphatic heterocycles. The fourth-order valence-corrected chi connectivity index (χ4v) is 2.12. The average Bonchev–Trinajstić information content (AvgIpc) is 2.43. The second-order valence-corrected chi connectivity index (χ2v) is 5.18. The summed E-state index contributed by atoms with van der Waals surface area (Å²) in [7, 11) is 1.62. The Morgan fingerprint density at radius 2 is 1.75 bits per heavy atom. The Kier molecular flexibility index (Phi) is 5.06. The number of benzene rings is 2. The van der Waals surface area contributed by atoms with E-state index in [0.29, 0.717) is 20.8 Å². The van der Waals surface area contributed by atoms with E-state index in [9.17, 15) is 0 Å². The summed E-state index contributed by atoms with van der Waals surface area (Å²) in [6.07, 6.45) is 0. The van der Waals surface area contributed by atoms with Gasteiger partial charge in [0.2, 0.25) is 0 Å². The molecule has 3 nitrogen and oxygen atoms in total. The van der Waals surface area contributed by atoms with Gasteiger partial charge in [-0.3, -0.25) is 0 Å². The number of ether oxygens (including phenoxy) is 1. The lowest BCUT2D eigenvalue weighted by Crippen LogP contribution is -2.19. The van der Waals surface area contributed by atoms with Gasteiger partial charge in [-0.1, -0.05) is 23.2 Å². The van der Waals surface area contributed by atoms with Crippen LogP contribution in [-0.4, -0.2) is 12.2 Å². The average molecular weight is 327 g/mol. The molecule has 6 heteroatoms. The van der Waals surface area contributed by atoms with Crippen molar-refractivity contribution in [1.82, 2.24) is 0 Å². The van der Waals surface area contributed by atoms with E-state index in [0.717, 1.165) is 11.4 Å². The van der Waals surface area contributed by atoms with Crippen molar-refractivity contribution in [3.05, 3.63) is 52.5 Å². The van der Waals surface area contributed by atoms with Crippen molar-refractivity contribution < 1.29 is 4.74 Å². The molecule has 0 spiro atoms. The van der Waals surface area contributed by atoms with Crippen LogP contribution in [0.3, 0.4) is 0 Å². The molecule has 2 rings (SSSR count). The standard InChI is InChI=1S/C14H12Cl2N2OS/c1-19-11-5-3-10(4-6-11)17-14(20)18-13-8-9(15)2-7-12(13)16/h2-8H,1H3,(H2,17,18,20). The van der Waals surface area contributed by atoms with E-state index in [4.69, 9.17) is 40.2 Å². The summed E-state index contributed by atoms with van der Waals surface area (Å²) in [5.41, 5.74) is 1.51. The molecule has 0 saturated heterocycles. The predicted molar refractivity (Wildman–Crippen MR) is 89.3 cm³/mol. The van der Waals surface area contributed by atoms with Gasteiger partial charge in [0.1, 0.15) is 5.75 Å². The molecule has 0 aromatic heterocycles. The number of hydrogen-bond donors (Lipinski definition) is 2. The van der Waals surface area contributed by atoms with Crippen LogP contribution in [0.1, 0.15) is 0 Å². The molecule has 0 aliphatic rings. The molecule has 0 heterocycles. The Balaban J connectivity index is 2.03. The normalized spacial score (nSPS) is 9.95. The van der Waals surface area contributed by atoms with Gasteiger partial charge in [-0.05, 0) is 54.7 Å². The van der Waals surface area contributed by atoms with Crippen molar-refractivity contribution in [2.75, 3.05) is 17.7 Å². The fraction of sp³-hybridized carbons (Fsp3) is 0.0714. The molecule has 2 aromatic rings. The van der Waals surface area contributed by atoms with Gasteiger partial charge in [0.15, 0.2) is 5.11 Å². The van der Waals surface area contributed by atoms with E-state index in [1.807, 2.05) is 24.3 Å². The first-order valence-corrected chi connectivity index (χ1v) is 6.92. The van der Waals surface area contributed by atoms with Crippen LogP contribution in [0.2, 0.25) is 10.0 Å². The van der Waals surface area contributed by atoms with Crippen molar-refractivity contribution >= 4 is 51.9 Å². The summed E-state index contributed by atoms with van der Waals surface area (Å²) < 4.78 is 5.09. The minimum atomic E-state index is 0.430. The largest absolute Gasteiger partial charge is 0.497 e. The molecule has 104 valence electrons. The Morgan fingerprint density at radius 1 is 1.05 bits per heavy atom. The molecule has 20 heavy (non-hydrogen) atoms. The molecule has 0 radical (unpaired) electrons. The lowest BCUT2D eigenvalue weighted by atomic mass is 10.3. The van der Waals surface area contributed by atoms with Gasteiger partial charge in [0, 0.05) is 10.7 Å². The van der Waals surface area contributed by atoms with Crippen LogP contribution in [0, 0.1) is 0 Å². The highest BCUT2D eigenvalue weighted by Crippen LogP contribution is 2.25. The highest BCUT2D eigenvalue weighted by atomic mass is 35.5. The zero-order chi connectivity index (χ0) is 14.5. The van der Waals surface area contributed by atoms with Gasteiger partial charge in [-0.15, -0.1) is 0 Å². The summed E-state index contributed by atoms with van der Waals surface area (Å²) in [4.78, 5) is 0. The zero-order valence-corrected chi connectivity index (χ0v) is 12.9. The maximum Gasteiger partial charge on any atom is 0.175 e. The summed E-state index contributed by atoms with van der Waals surface area (Å²) >= 11 is 17.2. The van der Waals surface area contributed by atoms with Crippen LogP contribution >= 0.6 is 35.4 Å². The smallest absolute Gasteiger partial charge is 0.175 e. The zero-order valence-electron chi connectivity index (χ0n) is 10.6. The van der Waals surface area contributed by atoms with Crippen LogP contribution in [0.5, 0.6) is 5.75 Å². The molecular formula is C14H12Cl2N2OS. The molecule has 0 saturated carbocycles. The molecule has 2 N–H and O–H groups in total. The lowest BCUT2D eigenvalue weighted by Gasteiger charge is -2.12. The quantitative estimate of drug-likeness (QED) is 0.793. The molecule has 0 bridgehead atoms. The Hall–Kier alpha value is -1.49. The van der Waals surface area contributed by atoms with E-state index < -0.39 is 0 Å². The van der Waals surface area contributed by atoms with Crippen LogP contribution in [0.4, 0.5) is 11.4 Å². The minimum absolute atomic E-state index is 0.430. The van der Waals surface area contributed by atoms with Gasteiger partial charge in [0.05, 0.1) is 17.8 Å². The third-order valence-electron chi connectivity index (χ3n) is 2.52. The van der Waals surface area contributed by atoms with Crippen LogP contribution in [0.15, 0.2) is 42.5 Å². The fourth-order valence-electron chi connectivity index (χ4n) is 1.55. The second-order valence-electron chi connectivity index (χ2n) is 3.93. The highest BCUT2D eigenvalue weighted by Gasteiger charge is 2.04. The molecule has 0 aliphatic carbocycles. The first-order chi connectivity index (χ1) is 9.58. The van der Waals surface area contributed by atoms with Crippen molar-refractivity contribution in [2.45, 2.75) is 0 Å². The molecule has 0 atom stereocenters. The number of thiocarbonyl (C=S) groups is 1. The van der Waals surface area contributed by atoms with E-state index in [2.05, 4.69) is 10.6 Å². The lowest BCUT2D eigenvalue weighted by molar-refractivity contribution is 0.415. The molecule has 0 unspecified atom stereocenters. The first kappa shape index (κ1) is 14.9. The monoisotopic (exact) mass is 326 g/mol. The van der Waals surface area contributed by atoms with Crippen molar-refractivity contribution in [2.24, 2.45) is 0 Å². The van der Waals surface area contributed by atoms with Crippen LogP contribution in [-0.2, 0) is 0 Å². The van der Waals surface area contributed by atoms with Crippen LogP contribution in [0.25, 0.3) is 0 Å². The second kappa shape index (κ2) is 6.79. The van der Waals surface area contributed by atoms with Crippen molar-refractivity contribution in [3.8, 4) is 5.75 Å². The SMILES string of the molecule is COc1ccc(NC(=S)Nc2cc(Cl)ccc2Cl)cc1. The summed E-state index contributed by atoms with van der Waals surface area (Å²) in [6, 6.07) is 12.6. The Labute approximate surface area is 132 Å².